The van der Waals surface area contributed by atoms with Gasteiger partial charge in [-0.2, -0.15) is 0 Å². The van der Waals surface area contributed by atoms with E-state index in [1.54, 1.807) is 0 Å². The highest BCUT2D eigenvalue weighted by molar-refractivity contribution is 5.07. The predicted octanol–water partition coefficient (Wildman–Crippen LogP) is 4.18. The van der Waals surface area contributed by atoms with Crippen molar-refractivity contribution < 1.29 is 0 Å². The highest BCUT2D eigenvalue weighted by Gasteiger charge is 2.53. The molecule has 3 aliphatic heterocycles. The monoisotopic (exact) mass is 363 g/mol. The number of likely N-dealkylation sites (tertiary alicyclic amines) is 3. The minimum Gasteiger partial charge on any atom is -0.300 e. The zero-order chi connectivity index (χ0) is 19.3. The van der Waals surface area contributed by atoms with Gasteiger partial charge < -0.3 is 0 Å². The third kappa shape index (κ3) is 4.00. The molecule has 3 saturated heterocycles. The predicted molar refractivity (Wildman–Crippen MR) is 113 cm³/mol. The van der Waals surface area contributed by atoms with E-state index in [1.165, 1.54) is 52.1 Å². The van der Waals surface area contributed by atoms with Crippen LogP contribution in [0.2, 0.25) is 0 Å². The summed E-state index contributed by atoms with van der Waals surface area (Å²) in [6, 6.07) is 2.26. The minimum absolute atomic E-state index is 0.703. The minimum atomic E-state index is 0.703. The first-order chi connectivity index (χ1) is 12.0. The van der Waals surface area contributed by atoms with Crippen LogP contribution in [0.4, 0.5) is 0 Å². The lowest BCUT2D eigenvalue weighted by Crippen LogP contribution is -2.73. The van der Waals surface area contributed by atoms with Gasteiger partial charge in [-0.05, 0) is 71.6 Å². The number of hydrogen-bond donors (Lipinski definition) is 0. The highest BCUT2D eigenvalue weighted by atomic mass is 15.3. The standard InChI is InChI=1S/C12H23N.C11H22N2/c1-9(2)11-5-12(6-11)7-13(8-12)10(3)4;1-9(2)12-5-11(6-12)7-13(8-11)10(3)4/h9-11H,5-8H2,1-4H3;9-10H,5-8H2,1-4H3. The molecule has 0 aromatic rings. The second-order valence-electron chi connectivity index (χ2n) is 11.4. The molecule has 0 radical (unpaired) electrons. The van der Waals surface area contributed by atoms with Crippen LogP contribution in [0.15, 0.2) is 0 Å². The molecule has 0 amide bonds. The molecule has 4 aliphatic rings. The van der Waals surface area contributed by atoms with Gasteiger partial charge in [-0.3, -0.25) is 14.7 Å². The molecule has 26 heavy (non-hydrogen) atoms. The summed E-state index contributed by atoms with van der Waals surface area (Å²) in [7, 11) is 0. The smallest absolute Gasteiger partial charge is 0.0212 e. The quantitative estimate of drug-likeness (QED) is 0.742. The summed E-state index contributed by atoms with van der Waals surface area (Å²) in [5.74, 6) is 1.95. The van der Waals surface area contributed by atoms with Crippen molar-refractivity contribution in [2.24, 2.45) is 22.7 Å². The average molecular weight is 364 g/mol. The van der Waals surface area contributed by atoms with Gasteiger partial charge in [-0.1, -0.05) is 13.8 Å². The Morgan fingerprint density at radius 2 is 0.846 bits per heavy atom. The molecule has 0 bridgehead atoms. The molecule has 1 saturated carbocycles. The van der Waals surface area contributed by atoms with Crippen molar-refractivity contribution in [3.05, 3.63) is 0 Å². The Kier molecular flexibility index (Phi) is 5.84. The lowest BCUT2D eigenvalue weighted by atomic mass is 9.55. The van der Waals surface area contributed by atoms with E-state index in [-0.39, 0.29) is 0 Å². The van der Waals surface area contributed by atoms with Crippen molar-refractivity contribution in [2.75, 3.05) is 39.3 Å². The zero-order valence-electron chi connectivity index (χ0n) is 18.9. The van der Waals surface area contributed by atoms with Crippen LogP contribution in [0.1, 0.15) is 68.2 Å². The Hall–Kier alpha value is -0.120. The molecule has 0 atom stereocenters. The van der Waals surface area contributed by atoms with E-state index in [2.05, 4.69) is 70.1 Å². The SMILES string of the molecule is CC(C)C1CC2(C1)CN(C(C)C)C2.CC(C)N1CC2(C1)CN(C(C)C)C2. The fourth-order valence-electron chi connectivity index (χ4n) is 5.52. The summed E-state index contributed by atoms with van der Waals surface area (Å²) in [5, 5.41) is 0. The van der Waals surface area contributed by atoms with Gasteiger partial charge in [0.2, 0.25) is 0 Å². The number of hydrogen-bond acceptors (Lipinski definition) is 3. The fraction of sp³-hybridized carbons (Fsp3) is 1.00. The molecule has 3 heterocycles. The molecule has 0 N–H and O–H groups in total. The molecule has 3 heteroatoms. The van der Waals surface area contributed by atoms with Gasteiger partial charge in [-0.25, -0.2) is 0 Å². The summed E-state index contributed by atoms with van der Waals surface area (Å²) < 4.78 is 0. The maximum atomic E-state index is 2.61. The van der Waals surface area contributed by atoms with Crippen molar-refractivity contribution in [3.63, 3.8) is 0 Å². The summed E-state index contributed by atoms with van der Waals surface area (Å²) in [5.41, 5.74) is 1.48. The van der Waals surface area contributed by atoms with Crippen molar-refractivity contribution in [1.82, 2.24) is 14.7 Å². The van der Waals surface area contributed by atoms with Crippen molar-refractivity contribution in [3.8, 4) is 0 Å². The highest BCUT2D eigenvalue weighted by Crippen LogP contribution is 2.54. The molecule has 0 aromatic carbocycles. The third-order valence-corrected chi connectivity index (χ3v) is 7.76. The Morgan fingerprint density at radius 3 is 1.12 bits per heavy atom. The molecule has 2 spiro atoms. The Morgan fingerprint density at radius 1 is 0.538 bits per heavy atom. The van der Waals surface area contributed by atoms with Crippen molar-refractivity contribution in [2.45, 2.75) is 86.4 Å². The van der Waals surface area contributed by atoms with Crippen LogP contribution >= 0.6 is 0 Å². The van der Waals surface area contributed by atoms with Gasteiger partial charge in [0, 0.05) is 62.8 Å². The van der Waals surface area contributed by atoms with Gasteiger partial charge in [0.05, 0.1) is 0 Å². The first-order valence-corrected chi connectivity index (χ1v) is 11.3. The van der Waals surface area contributed by atoms with E-state index < -0.39 is 0 Å². The van der Waals surface area contributed by atoms with Crippen LogP contribution in [0.5, 0.6) is 0 Å². The van der Waals surface area contributed by atoms with Gasteiger partial charge in [0.15, 0.2) is 0 Å². The summed E-state index contributed by atoms with van der Waals surface area (Å²) >= 11 is 0. The Balaban J connectivity index is 0.000000151. The number of nitrogens with zero attached hydrogens (tertiary/aromatic N) is 3. The Bertz CT molecular complexity index is 363. The first-order valence-electron chi connectivity index (χ1n) is 11.3. The van der Waals surface area contributed by atoms with Crippen molar-refractivity contribution >= 4 is 0 Å². The summed E-state index contributed by atoms with van der Waals surface area (Å²) in [4.78, 5) is 7.77. The van der Waals surface area contributed by atoms with Gasteiger partial charge >= 0.3 is 0 Å². The molecule has 152 valence electrons. The first kappa shape index (κ1) is 20.6. The van der Waals surface area contributed by atoms with Gasteiger partial charge in [0.25, 0.3) is 0 Å². The van der Waals surface area contributed by atoms with Crippen LogP contribution in [0, 0.1) is 22.7 Å². The zero-order valence-corrected chi connectivity index (χ0v) is 18.9. The molecule has 0 aromatic heterocycles. The van der Waals surface area contributed by atoms with E-state index in [9.17, 15) is 0 Å². The Labute approximate surface area is 163 Å². The van der Waals surface area contributed by atoms with Crippen LogP contribution in [0.25, 0.3) is 0 Å². The van der Waals surface area contributed by atoms with Crippen LogP contribution < -0.4 is 0 Å². The summed E-state index contributed by atoms with van der Waals surface area (Å²) in [6.07, 6.45) is 3.02. The van der Waals surface area contributed by atoms with Crippen molar-refractivity contribution in [1.29, 1.82) is 0 Å². The average Bonchev–Trinajstić information content (AvgIpc) is 2.30. The lowest BCUT2D eigenvalue weighted by molar-refractivity contribution is -0.135. The third-order valence-electron chi connectivity index (χ3n) is 7.76. The number of rotatable bonds is 4. The summed E-state index contributed by atoms with van der Waals surface area (Å²) in [6.45, 7) is 26.7. The van der Waals surface area contributed by atoms with Crippen LogP contribution in [-0.2, 0) is 0 Å². The topological polar surface area (TPSA) is 9.72 Å². The molecule has 3 nitrogen and oxygen atoms in total. The van der Waals surface area contributed by atoms with E-state index in [4.69, 9.17) is 0 Å². The van der Waals surface area contributed by atoms with E-state index in [0.717, 1.165) is 35.4 Å². The molecule has 1 aliphatic carbocycles. The fourth-order valence-corrected chi connectivity index (χ4v) is 5.52. The molecule has 4 rings (SSSR count). The second kappa shape index (κ2) is 7.37. The normalized spacial score (nSPS) is 28.2. The van der Waals surface area contributed by atoms with E-state index >= 15 is 0 Å². The molecule has 4 fully saturated rings. The second-order valence-corrected chi connectivity index (χ2v) is 11.4. The maximum Gasteiger partial charge on any atom is 0.0212 e. The molecular weight excluding hydrogens is 318 g/mol. The van der Waals surface area contributed by atoms with E-state index in [1.807, 2.05) is 0 Å². The van der Waals surface area contributed by atoms with Gasteiger partial charge in [-0.15, -0.1) is 0 Å². The maximum absolute atomic E-state index is 2.61. The lowest BCUT2D eigenvalue weighted by Gasteiger charge is -2.62. The van der Waals surface area contributed by atoms with E-state index in [0.29, 0.717) is 5.41 Å². The largest absolute Gasteiger partial charge is 0.300 e. The van der Waals surface area contributed by atoms with Crippen LogP contribution in [0.3, 0.4) is 0 Å². The molecular formula is C23H45N3. The van der Waals surface area contributed by atoms with Crippen LogP contribution in [-0.4, -0.2) is 72.1 Å². The molecule has 0 unspecified atom stereocenters. The van der Waals surface area contributed by atoms with Gasteiger partial charge in [0.1, 0.15) is 0 Å².